The lowest BCUT2D eigenvalue weighted by Crippen LogP contribution is -2.36. The number of benzene rings is 1. The fourth-order valence-electron chi connectivity index (χ4n) is 2.11. The van der Waals surface area contributed by atoms with Gasteiger partial charge in [-0.25, -0.2) is 0 Å². The Morgan fingerprint density at radius 3 is 2.39 bits per heavy atom. The Kier molecular flexibility index (Phi) is 6.94. The molecule has 1 aromatic rings. The second kappa shape index (κ2) is 8.25. The minimum absolute atomic E-state index is 0.197. The normalized spacial score (nSPS) is 13.2. The standard InChI is InChI=1S/C15H26N2O/c1-13(2)15(10-16)12-17(8-9-18)11-14-6-4-3-5-7-14/h3-7,13,15,18H,8-12,16H2,1-2H3. The minimum Gasteiger partial charge on any atom is -0.395 e. The first-order chi connectivity index (χ1) is 8.67. The van der Waals surface area contributed by atoms with Crippen molar-refractivity contribution < 1.29 is 5.11 Å². The fourth-order valence-corrected chi connectivity index (χ4v) is 2.11. The Bertz CT molecular complexity index is 314. The molecule has 1 aromatic carbocycles. The highest BCUT2D eigenvalue weighted by Crippen LogP contribution is 2.13. The third kappa shape index (κ3) is 5.17. The monoisotopic (exact) mass is 250 g/mol. The van der Waals surface area contributed by atoms with E-state index in [1.807, 2.05) is 6.07 Å². The molecular weight excluding hydrogens is 224 g/mol. The molecule has 0 fully saturated rings. The van der Waals surface area contributed by atoms with Crippen molar-refractivity contribution in [2.24, 2.45) is 17.6 Å². The van der Waals surface area contributed by atoms with Crippen molar-refractivity contribution in [3.05, 3.63) is 35.9 Å². The molecule has 0 amide bonds. The van der Waals surface area contributed by atoms with Crippen LogP contribution < -0.4 is 5.73 Å². The minimum atomic E-state index is 0.197. The van der Waals surface area contributed by atoms with Crippen LogP contribution in [0.25, 0.3) is 0 Å². The van der Waals surface area contributed by atoms with Crippen molar-refractivity contribution in [3.63, 3.8) is 0 Å². The van der Waals surface area contributed by atoms with Crippen LogP contribution >= 0.6 is 0 Å². The molecule has 0 aliphatic rings. The van der Waals surface area contributed by atoms with Crippen LogP contribution in [0.4, 0.5) is 0 Å². The molecule has 0 aliphatic heterocycles. The van der Waals surface area contributed by atoms with Crippen LogP contribution in [0.2, 0.25) is 0 Å². The summed E-state index contributed by atoms with van der Waals surface area (Å²) in [5.74, 6) is 1.06. The van der Waals surface area contributed by atoms with Gasteiger partial charge in [-0.3, -0.25) is 4.90 Å². The van der Waals surface area contributed by atoms with Crippen LogP contribution in [0.15, 0.2) is 30.3 Å². The van der Waals surface area contributed by atoms with Gasteiger partial charge in [0, 0.05) is 19.6 Å². The zero-order chi connectivity index (χ0) is 13.4. The van der Waals surface area contributed by atoms with Crippen LogP contribution in [0, 0.1) is 11.8 Å². The maximum absolute atomic E-state index is 9.17. The summed E-state index contributed by atoms with van der Waals surface area (Å²) in [4.78, 5) is 2.28. The van der Waals surface area contributed by atoms with Crippen molar-refractivity contribution in [2.45, 2.75) is 20.4 Å². The molecular formula is C15H26N2O. The molecule has 18 heavy (non-hydrogen) atoms. The number of rotatable bonds is 8. The number of nitrogens with zero attached hydrogens (tertiary/aromatic N) is 1. The average Bonchev–Trinajstić information content (AvgIpc) is 2.36. The fraction of sp³-hybridized carbons (Fsp3) is 0.600. The van der Waals surface area contributed by atoms with Gasteiger partial charge < -0.3 is 10.8 Å². The molecule has 3 heteroatoms. The van der Waals surface area contributed by atoms with Gasteiger partial charge in [0.15, 0.2) is 0 Å². The molecule has 1 atom stereocenters. The number of hydrogen-bond donors (Lipinski definition) is 2. The molecule has 0 saturated heterocycles. The third-order valence-electron chi connectivity index (χ3n) is 3.40. The van der Waals surface area contributed by atoms with Crippen molar-refractivity contribution >= 4 is 0 Å². The zero-order valence-corrected chi connectivity index (χ0v) is 11.5. The van der Waals surface area contributed by atoms with Crippen molar-refractivity contribution in [2.75, 3.05) is 26.2 Å². The highest BCUT2D eigenvalue weighted by Gasteiger charge is 2.16. The van der Waals surface area contributed by atoms with Gasteiger partial charge in [-0.15, -0.1) is 0 Å². The Labute approximate surface area is 111 Å². The Balaban J connectivity index is 2.59. The predicted molar refractivity (Wildman–Crippen MR) is 76.2 cm³/mol. The molecule has 0 aliphatic carbocycles. The molecule has 0 saturated carbocycles. The predicted octanol–water partition coefficient (Wildman–Crippen LogP) is 1.71. The summed E-state index contributed by atoms with van der Waals surface area (Å²) >= 11 is 0. The lowest BCUT2D eigenvalue weighted by atomic mass is 9.95. The van der Waals surface area contributed by atoms with E-state index in [4.69, 9.17) is 10.8 Å². The Morgan fingerprint density at radius 2 is 1.89 bits per heavy atom. The topological polar surface area (TPSA) is 49.5 Å². The summed E-state index contributed by atoms with van der Waals surface area (Å²) in [5.41, 5.74) is 7.11. The molecule has 0 radical (unpaired) electrons. The van der Waals surface area contributed by atoms with E-state index in [0.29, 0.717) is 24.9 Å². The summed E-state index contributed by atoms with van der Waals surface area (Å²) in [7, 11) is 0. The number of hydrogen-bond acceptors (Lipinski definition) is 3. The van der Waals surface area contributed by atoms with E-state index < -0.39 is 0 Å². The van der Waals surface area contributed by atoms with Crippen LogP contribution in [-0.4, -0.2) is 36.2 Å². The Hall–Kier alpha value is -0.900. The first-order valence-electron chi connectivity index (χ1n) is 6.74. The molecule has 0 aromatic heterocycles. The van der Waals surface area contributed by atoms with E-state index in [1.54, 1.807) is 0 Å². The maximum Gasteiger partial charge on any atom is 0.0558 e. The maximum atomic E-state index is 9.17. The van der Waals surface area contributed by atoms with E-state index in [2.05, 4.69) is 43.0 Å². The van der Waals surface area contributed by atoms with Gasteiger partial charge in [0.1, 0.15) is 0 Å². The molecule has 0 bridgehead atoms. The second-order valence-corrected chi connectivity index (χ2v) is 5.18. The van der Waals surface area contributed by atoms with Crippen LogP contribution in [-0.2, 0) is 6.54 Å². The molecule has 3 N–H and O–H groups in total. The van der Waals surface area contributed by atoms with Crippen LogP contribution in [0.3, 0.4) is 0 Å². The summed E-state index contributed by atoms with van der Waals surface area (Å²) in [6, 6.07) is 10.4. The third-order valence-corrected chi connectivity index (χ3v) is 3.40. The van der Waals surface area contributed by atoms with Gasteiger partial charge in [-0.2, -0.15) is 0 Å². The molecule has 1 unspecified atom stereocenters. The Morgan fingerprint density at radius 1 is 1.22 bits per heavy atom. The summed E-state index contributed by atoms with van der Waals surface area (Å²) in [6.07, 6.45) is 0. The zero-order valence-electron chi connectivity index (χ0n) is 11.5. The van der Waals surface area contributed by atoms with Gasteiger partial charge in [0.05, 0.1) is 6.61 Å². The van der Waals surface area contributed by atoms with E-state index in [9.17, 15) is 0 Å². The van der Waals surface area contributed by atoms with Gasteiger partial charge in [-0.1, -0.05) is 44.2 Å². The van der Waals surface area contributed by atoms with Crippen molar-refractivity contribution in [1.82, 2.24) is 4.90 Å². The quantitative estimate of drug-likeness (QED) is 0.738. The molecule has 102 valence electrons. The van der Waals surface area contributed by atoms with Gasteiger partial charge >= 0.3 is 0 Å². The largest absolute Gasteiger partial charge is 0.395 e. The van der Waals surface area contributed by atoms with Gasteiger partial charge in [0.25, 0.3) is 0 Å². The van der Waals surface area contributed by atoms with E-state index >= 15 is 0 Å². The lowest BCUT2D eigenvalue weighted by Gasteiger charge is -2.28. The van der Waals surface area contributed by atoms with Gasteiger partial charge in [-0.05, 0) is 23.9 Å². The van der Waals surface area contributed by atoms with Crippen molar-refractivity contribution in [3.8, 4) is 0 Å². The van der Waals surface area contributed by atoms with Crippen LogP contribution in [0.5, 0.6) is 0 Å². The van der Waals surface area contributed by atoms with E-state index in [0.717, 1.165) is 13.1 Å². The first-order valence-corrected chi connectivity index (χ1v) is 6.74. The summed E-state index contributed by atoms with van der Waals surface area (Å²) < 4.78 is 0. The smallest absolute Gasteiger partial charge is 0.0558 e. The lowest BCUT2D eigenvalue weighted by molar-refractivity contribution is 0.156. The van der Waals surface area contributed by atoms with Gasteiger partial charge in [0.2, 0.25) is 0 Å². The average molecular weight is 250 g/mol. The molecule has 1 rings (SSSR count). The highest BCUT2D eigenvalue weighted by atomic mass is 16.3. The molecule has 0 spiro atoms. The summed E-state index contributed by atoms with van der Waals surface area (Å²) in [5, 5.41) is 9.17. The van der Waals surface area contributed by atoms with Crippen molar-refractivity contribution in [1.29, 1.82) is 0 Å². The number of aliphatic hydroxyl groups excluding tert-OH is 1. The highest BCUT2D eigenvalue weighted by molar-refractivity contribution is 5.14. The van der Waals surface area contributed by atoms with Crippen LogP contribution in [0.1, 0.15) is 19.4 Å². The second-order valence-electron chi connectivity index (χ2n) is 5.18. The molecule has 0 heterocycles. The SMILES string of the molecule is CC(C)C(CN)CN(CCO)Cc1ccccc1. The summed E-state index contributed by atoms with van der Waals surface area (Å²) in [6.45, 7) is 7.84. The molecule has 3 nitrogen and oxygen atoms in total. The number of aliphatic hydroxyl groups is 1. The van der Waals surface area contributed by atoms with E-state index in [1.165, 1.54) is 5.56 Å². The van der Waals surface area contributed by atoms with E-state index in [-0.39, 0.29) is 6.61 Å². The number of nitrogens with two attached hydrogens (primary N) is 1. The first kappa shape index (κ1) is 15.2.